The maximum atomic E-state index is 11.2. The summed E-state index contributed by atoms with van der Waals surface area (Å²) in [5.41, 5.74) is 0.690. The smallest absolute Gasteiger partial charge is 0.265 e. The monoisotopic (exact) mass is 174 g/mol. The Kier molecular flexibility index (Phi) is 1.84. The van der Waals surface area contributed by atoms with Crippen molar-refractivity contribution >= 4 is 0 Å². The summed E-state index contributed by atoms with van der Waals surface area (Å²) in [6.45, 7) is 0. The van der Waals surface area contributed by atoms with E-state index in [9.17, 15) is 4.79 Å². The molecule has 0 fully saturated rings. The Morgan fingerprint density at radius 3 is 2.62 bits per heavy atom. The Balaban J connectivity index is 2.60. The molecule has 0 saturated heterocycles. The molecule has 0 spiro atoms. The number of rotatable bonds is 1. The fourth-order valence-electron chi connectivity index (χ4n) is 1.02. The molecule has 0 bridgehead atoms. The Morgan fingerprint density at radius 2 is 1.92 bits per heavy atom. The van der Waals surface area contributed by atoms with Gasteiger partial charge in [0.15, 0.2) is 5.69 Å². The number of hydrogen-bond acceptors (Lipinski definition) is 4. The lowest BCUT2D eigenvalue weighted by Crippen LogP contribution is -2.14. The van der Waals surface area contributed by atoms with E-state index in [1.807, 2.05) is 18.2 Å². The molecule has 64 valence electrons. The van der Waals surface area contributed by atoms with Gasteiger partial charge in [0.25, 0.3) is 5.56 Å². The van der Waals surface area contributed by atoms with Crippen LogP contribution < -0.4 is 5.56 Å². The summed E-state index contributed by atoms with van der Waals surface area (Å²) in [6, 6.07) is 9.11. The Morgan fingerprint density at radius 1 is 1.15 bits per heavy atom. The summed E-state index contributed by atoms with van der Waals surface area (Å²) in [5.74, 6) is 0. The van der Waals surface area contributed by atoms with Crippen molar-refractivity contribution < 1.29 is 0 Å². The number of nitrogens with zero attached hydrogens (tertiary/aromatic N) is 3. The first-order chi connectivity index (χ1) is 6.38. The van der Waals surface area contributed by atoms with Crippen LogP contribution in [0.5, 0.6) is 0 Å². The third-order valence-corrected chi connectivity index (χ3v) is 1.60. The van der Waals surface area contributed by atoms with E-state index in [-0.39, 0.29) is 11.3 Å². The van der Waals surface area contributed by atoms with E-state index in [2.05, 4.69) is 20.6 Å². The maximum absolute atomic E-state index is 11.2. The van der Waals surface area contributed by atoms with E-state index < -0.39 is 0 Å². The molecule has 5 heteroatoms. The molecule has 0 amide bonds. The number of nitrogens with one attached hydrogen (secondary N) is 1. The number of aromatic nitrogens is 4. The summed E-state index contributed by atoms with van der Waals surface area (Å²) in [7, 11) is 0. The molecule has 0 atom stereocenters. The Hall–Kier alpha value is -2.04. The first-order valence-electron chi connectivity index (χ1n) is 3.71. The van der Waals surface area contributed by atoms with Gasteiger partial charge in [-0.1, -0.05) is 30.3 Å². The van der Waals surface area contributed by atoms with Gasteiger partial charge in [-0.05, 0) is 10.4 Å². The quantitative estimate of drug-likeness (QED) is 0.671. The molecule has 2 rings (SSSR count). The molecule has 0 unspecified atom stereocenters. The molecule has 0 radical (unpaired) electrons. The summed E-state index contributed by atoms with van der Waals surface area (Å²) in [6.07, 6.45) is 0. The molecule has 0 aliphatic heterocycles. The van der Waals surface area contributed by atoms with Gasteiger partial charge in [0.05, 0.1) is 0 Å². The van der Waals surface area contributed by atoms with E-state index in [1.165, 1.54) is 0 Å². The predicted octanol–water partition coefficient (Wildman–Crippen LogP) is 0.227. The first-order valence-corrected chi connectivity index (χ1v) is 3.71. The molecule has 0 aliphatic carbocycles. The van der Waals surface area contributed by atoms with Crippen LogP contribution in [0.1, 0.15) is 0 Å². The lowest BCUT2D eigenvalue weighted by atomic mass is 10.2. The summed E-state index contributed by atoms with van der Waals surface area (Å²) in [4.78, 5) is 11.2. The first kappa shape index (κ1) is 7.60. The van der Waals surface area contributed by atoms with E-state index in [0.29, 0.717) is 0 Å². The van der Waals surface area contributed by atoms with Crippen LogP contribution in [0, 0.1) is 0 Å². The lowest BCUT2D eigenvalue weighted by molar-refractivity contribution is 0.748. The molecule has 0 saturated carbocycles. The van der Waals surface area contributed by atoms with E-state index in [0.717, 1.165) is 5.56 Å². The van der Waals surface area contributed by atoms with Gasteiger partial charge in [0.2, 0.25) is 0 Å². The average molecular weight is 174 g/mol. The maximum Gasteiger partial charge on any atom is 0.293 e. The second kappa shape index (κ2) is 3.14. The van der Waals surface area contributed by atoms with Gasteiger partial charge in [-0.15, -0.1) is 5.10 Å². The van der Waals surface area contributed by atoms with Gasteiger partial charge in [0.1, 0.15) is 0 Å². The molecular weight excluding hydrogens is 168 g/mol. The van der Waals surface area contributed by atoms with Crippen LogP contribution in [0.2, 0.25) is 0 Å². The van der Waals surface area contributed by atoms with Crippen LogP contribution >= 0.6 is 0 Å². The number of hydrogen-bond donors (Lipinski definition) is 1. The molecule has 1 aromatic carbocycles. The molecule has 1 aromatic heterocycles. The SMILES string of the molecule is O=c1[nH]nnnc1-c1ccccc1. The van der Waals surface area contributed by atoms with Crippen molar-refractivity contribution in [2.24, 2.45) is 0 Å². The fourth-order valence-corrected chi connectivity index (χ4v) is 1.02. The summed E-state index contributed by atoms with van der Waals surface area (Å²) < 4.78 is 0. The minimum absolute atomic E-state index is 0.288. The third-order valence-electron chi connectivity index (χ3n) is 1.60. The van der Waals surface area contributed by atoms with Crippen LogP contribution in [-0.2, 0) is 0 Å². The summed E-state index contributed by atoms with van der Waals surface area (Å²) in [5, 5.41) is 12.5. The second-order valence-corrected chi connectivity index (χ2v) is 2.45. The molecule has 1 heterocycles. The van der Waals surface area contributed by atoms with Crippen LogP contribution in [0.4, 0.5) is 0 Å². The minimum Gasteiger partial charge on any atom is -0.265 e. The van der Waals surface area contributed by atoms with Crippen LogP contribution in [-0.4, -0.2) is 20.6 Å². The topological polar surface area (TPSA) is 71.5 Å². The normalized spacial score (nSPS) is 9.85. The third kappa shape index (κ3) is 1.44. The predicted molar refractivity (Wildman–Crippen MR) is 45.9 cm³/mol. The van der Waals surface area contributed by atoms with Crippen molar-refractivity contribution in [1.29, 1.82) is 0 Å². The molecule has 5 nitrogen and oxygen atoms in total. The van der Waals surface area contributed by atoms with Gasteiger partial charge in [-0.25, -0.2) is 5.10 Å². The highest BCUT2D eigenvalue weighted by molar-refractivity contribution is 5.56. The number of H-pyrrole nitrogens is 1. The highest BCUT2D eigenvalue weighted by Crippen LogP contribution is 2.09. The Bertz CT molecular complexity index is 451. The van der Waals surface area contributed by atoms with E-state index in [1.54, 1.807) is 12.1 Å². The number of aromatic amines is 1. The van der Waals surface area contributed by atoms with Gasteiger partial charge < -0.3 is 0 Å². The van der Waals surface area contributed by atoms with E-state index >= 15 is 0 Å². The molecule has 13 heavy (non-hydrogen) atoms. The van der Waals surface area contributed by atoms with Gasteiger partial charge in [-0.2, -0.15) is 0 Å². The van der Waals surface area contributed by atoms with Gasteiger partial charge in [-0.3, -0.25) is 4.79 Å². The zero-order valence-corrected chi connectivity index (χ0v) is 6.64. The zero-order valence-electron chi connectivity index (χ0n) is 6.64. The second-order valence-electron chi connectivity index (χ2n) is 2.45. The highest BCUT2D eigenvalue weighted by Gasteiger charge is 2.03. The van der Waals surface area contributed by atoms with Crippen molar-refractivity contribution in [3.05, 3.63) is 40.7 Å². The Labute approximate surface area is 73.4 Å². The van der Waals surface area contributed by atoms with Crippen molar-refractivity contribution in [3.8, 4) is 11.3 Å². The summed E-state index contributed by atoms with van der Waals surface area (Å²) >= 11 is 0. The molecular formula is C8H6N4O. The minimum atomic E-state index is -0.332. The van der Waals surface area contributed by atoms with Gasteiger partial charge >= 0.3 is 0 Å². The van der Waals surface area contributed by atoms with Crippen molar-refractivity contribution in [2.45, 2.75) is 0 Å². The van der Waals surface area contributed by atoms with Crippen LogP contribution in [0.25, 0.3) is 11.3 Å². The standard InChI is InChI=1S/C8H6N4O/c13-8-7(9-11-12-10-8)6-4-2-1-3-5-6/h1-5H,(H,10,11,13). The van der Waals surface area contributed by atoms with Crippen LogP contribution in [0.3, 0.4) is 0 Å². The molecule has 0 aliphatic rings. The lowest BCUT2D eigenvalue weighted by Gasteiger charge is -1.94. The van der Waals surface area contributed by atoms with E-state index in [4.69, 9.17) is 0 Å². The largest absolute Gasteiger partial charge is 0.293 e. The van der Waals surface area contributed by atoms with Crippen molar-refractivity contribution in [3.63, 3.8) is 0 Å². The molecule has 2 aromatic rings. The number of benzene rings is 1. The average Bonchev–Trinajstić information content (AvgIpc) is 2.20. The fraction of sp³-hybridized carbons (Fsp3) is 0. The highest BCUT2D eigenvalue weighted by atomic mass is 16.1. The zero-order chi connectivity index (χ0) is 9.10. The van der Waals surface area contributed by atoms with Crippen LogP contribution in [0.15, 0.2) is 35.1 Å². The molecule has 1 N–H and O–H groups in total. The van der Waals surface area contributed by atoms with Crippen molar-refractivity contribution in [2.75, 3.05) is 0 Å². The van der Waals surface area contributed by atoms with Crippen molar-refractivity contribution in [1.82, 2.24) is 20.6 Å². The van der Waals surface area contributed by atoms with Gasteiger partial charge in [0, 0.05) is 5.56 Å².